The normalized spacial score (nSPS) is 17.5. The van der Waals surface area contributed by atoms with Crippen LogP contribution >= 0.6 is 35.5 Å². The molecule has 2 heterocycles. The Balaban J connectivity index is 2.02. The Morgan fingerprint density at radius 1 is 1.58 bits per heavy atom. The van der Waals surface area contributed by atoms with Crippen molar-refractivity contribution < 1.29 is 14.7 Å². The molecule has 1 amide bonds. The average Bonchev–Trinajstić information content (AvgIpc) is 2.93. The van der Waals surface area contributed by atoms with E-state index in [4.69, 9.17) is 17.3 Å². The number of aromatic nitrogens is 2. The molecule has 19 heavy (non-hydrogen) atoms. The molecule has 0 atom stereocenters. The summed E-state index contributed by atoms with van der Waals surface area (Å²) < 4.78 is 4.16. The Hall–Kier alpha value is -1.32. The first-order chi connectivity index (χ1) is 9.08. The molecule has 0 saturated carbocycles. The zero-order chi connectivity index (χ0) is 13.8. The summed E-state index contributed by atoms with van der Waals surface area (Å²) in [5.41, 5.74) is 0.621. The lowest BCUT2D eigenvalue weighted by Gasteiger charge is -2.12. The fourth-order valence-electron chi connectivity index (χ4n) is 1.45. The Kier molecular flexibility index (Phi) is 4.61. The van der Waals surface area contributed by atoms with Crippen LogP contribution in [0.15, 0.2) is 10.3 Å². The Labute approximate surface area is 122 Å². The molecule has 1 aliphatic rings. The summed E-state index contributed by atoms with van der Waals surface area (Å²) in [7, 11) is 0. The maximum atomic E-state index is 12.1. The molecule has 1 aliphatic heterocycles. The molecule has 0 aliphatic carbocycles. The van der Waals surface area contributed by atoms with Gasteiger partial charge in [0.2, 0.25) is 0 Å². The highest BCUT2D eigenvalue weighted by Crippen LogP contribution is 2.32. The Morgan fingerprint density at radius 3 is 3.00 bits per heavy atom. The van der Waals surface area contributed by atoms with Gasteiger partial charge < -0.3 is 5.11 Å². The van der Waals surface area contributed by atoms with E-state index < -0.39 is 5.97 Å². The summed E-state index contributed by atoms with van der Waals surface area (Å²) >= 11 is 7.52. The fraction of sp³-hybridized carbons (Fsp3) is 0.300. The van der Waals surface area contributed by atoms with Crippen molar-refractivity contribution >= 4 is 57.8 Å². The van der Waals surface area contributed by atoms with Gasteiger partial charge in [0.25, 0.3) is 5.91 Å². The molecular weight excluding hydrogens is 306 g/mol. The molecule has 1 aromatic heterocycles. The number of thioether (sulfide) groups is 1. The van der Waals surface area contributed by atoms with Crippen molar-refractivity contribution in [1.82, 2.24) is 14.5 Å². The SMILES string of the molecule is O=C(O)CCCN1C(=O)/C(=C\c2csnn2)SC1=S. The first-order valence-corrected chi connectivity index (χ1v) is 7.38. The first kappa shape index (κ1) is 14.1. The minimum absolute atomic E-state index is 0.0200. The largest absolute Gasteiger partial charge is 0.481 e. The smallest absolute Gasteiger partial charge is 0.303 e. The molecule has 2 rings (SSSR count). The minimum Gasteiger partial charge on any atom is -0.481 e. The summed E-state index contributed by atoms with van der Waals surface area (Å²) in [5.74, 6) is -1.08. The molecular formula is C10H9N3O3S3. The van der Waals surface area contributed by atoms with Crippen molar-refractivity contribution in [2.75, 3.05) is 6.54 Å². The van der Waals surface area contributed by atoms with Gasteiger partial charge >= 0.3 is 5.97 Å². The molecule has 1 saturated heterocycles. The van der Waals surface area contributed by atoms with Crippen molar-refractivity contribution in [3.63, 3.8) is 0 Å². The third-order valence-electron chi connectivity index (χ3n) is 2.30. The number of carbonyl (C=O) groups is 2. The monoisotopic (exact) mass is 315 g/mol. The molecule has 1 aromatic rings. The predicted octanol–water partition coefficient (Wildman–Crippen LogP) is 1.60. The van der Waals surface area contributed by atoms with Gasteiger partial charge in [-0.1, -0.05) is 28.5 Å². The molecule has 0 bridgehead atoms. The van der Waals surface area contributed by atoms with Crippen LogP contribution in [0.5, 0.6) is 0 Å². The van der Waals surface area contributed by atoms with Crippen LogP contribution in [0.2, 0.25) is 0 Å². The second kappa shape index (κ2) is 6.22. The quantitative estimate of drug-likeness (QED) is 0.652. The number of hydrogen-bond acceptors (Lipinski definition) is 7. The summed E-state index contributed by atoms with van der Waals surface area (Å²) in [6.07, 6.45) is 2.04. The lowest BCUT2D eigenvalue weighted by Crippen LogP contribution is -2.29. The summed E-state index contributed by atoms with van der Waals surface area (Å²) in [6, 6.07) is 0. The summed E-state index contributed by atoms with van der Waals surface area (Å²) in [5, 5.41) is 14.1. The molecule has 1 N–H and O–H groups in total. The van der Waals surface area contributed by atoms with E-state index in [9.17, 15) is 9.59 Å². The van der Waals surface area contributed by atoms with Crippen LogP contribution in [0.4, 0.5) is 0 Å². The van der Waals surface area contributed by atoms with Gasteiger partial charge in [-0.2, -0.15) is 0 Å². The summed E-state index contributed by atoms with van der Waals surface area (Å²) in [4.78, 5) is 24.4. The lowest BCUT2D eigenvalue weighted by atomic mass is 10.3. The maximum absolute atomic E-state index is 12.1. The van der Waals surface area contributed by atoms with E-state index in [2.05, 4.69) is 9.59 Å². The molecule has 9 heteroatoms. The second-order valence-corrected chi connectivity index (χ2v) is 5.95. The van der Waals surface area contributed by atoms with Crippen molar-refractivity contribution in [3.05, 3.63) is 16.0 Å². The van der Waals surface area contributed by atoms with Gasteiger partial charge in [-0.15, -0.1) is 5.10 Å². The highest BCUT2D eigenvalue weighted by molar-refractivity contribution is 8.26. The third kappa shape index (κ3) is 3.58. The molecule has 0 spiro atoms. The topological polar surface area (TPSA) is 83.4 Å². The minimum atomic E-state index is -0.880. The van der Waals surface area contributed by atoms with Gasteiger partial charge in [0.05, 0.1) is 10.6 Å². The molecule has 0 unspecified atom stereocenters. The average molecular weight is 315 g/mol. The zero-order valence-electron chi connectivity index (χ0n) is 9.61. The fourth-order valence-corrected chi connectivity index (χ4v) is 3.16. The molecule has 0 radical (unpaired) electrons. The Bertz CT molecular complexity index is 541. The van der Waals surface area contributed by atoms with Gasteiger partial charge in [-0.25, -0.2) is 0 Å². The Morgan fingerprint density at radius 2 is 2.37 bits per heavy atom. The van der Waals surface area contributed by atoms with Crippen molar-refractivity contribution in [2.45, 2.75) is 12.8 Å². The van der Waals surface area contributed by atoms with Crippen LogP contribution < -0.4 is 0 Å². The van der Waals surface area contributed by atoms with E-state index in [1.54, 1.807) is 11.5 Å². The van der Waals surface area contributed by atoms with Crippen LogP contribution in [0.1, 0.15) is 18.5 Å². The van der Waals surface area contributed by atoms with Crippen molar-refractivity contribution in [1.29, 1.82) is 0 Å². The van der Waals surface area contributed by atoms with Crippen LogP contribution in [-0.2, 0) is 9.59 Å². The lowest BCUT2D eigenvalue weighted by molar-refractivity contribution is -0.137. The molecule has 6 nitrogen and oxygen atoms in total. The van der Waals surface area contributed by atoms with E-state index in [1.165, 1.54) is 28.2 Å². The number of nitrogens with zero attached hydrogens (tertiary/aromatic N) is 3. The molecule has 1 fully saturated rings. The first-order valence-electron chi connectivity index (χ1n) is 5.32. The van der Waals surface area contributed by atoms with E-state index >= 15 is 0 Å². The number of thiocarbonyl (C=S) groups is 1. The van der Waals surface area contributed by atoms with E-state index in [-0.39, 0.29) is 12.3 Å². The number of carbonyl (C=O) groups excluding carboxylic acids is 1. The summed E-state index contributed by atoms with van der Waals surface area (Å²) in [6.45, 7) is 0.323. The number of rotatable bonds is 5. The molecule has 0 aromatic carbocycles. The standard InChI is InChI=1S/C10H9N3O3S3/c14-8(15)2-1-3-13-9(16)7(19-10(13)17)4-6-5-18-12-11-6/h4-5H,1-3H2,(H,14,15)/b7-4+. The number of aliphatic carboxylic acids is 1. The van der Waals surface area contributed by atoms with E-state index in [0.29, 0.717) is 27.9 Å². The highest BCUT2D eigenvalue weighted by atomic mass is 32.2. The predicted molar refractivity (Wildman–Crippen MR) is 76.7 cm³/mol. The number of hydrogen-bond donors (Lipinski definition) is 1. The number of amides is 1. The maximum Gasteiger partial charge on any atom is 0.303 e. The van der Waals surface area contributed by atoms with Crippen LogP contribution in [0, 0.1) is 0 Å². The molecule has 100 valence electrons. The van der Waals surface area contributed by atoms with E-state index in [0.717, 1.165) is 0 Å². The van der Waals surface area contributed by atoms with Crippen LogP contribution in [0.25, 0.3) is 6.08 Å². The van der Waals surface area contributed by atoms with Gasteiger partial charge in [0.1, 0.15) is 4.32 Å². The van der Waals surface area contributed by atoms with Crippen molar-refractivity contribution in [2.24, 2.45) is 0 Å². The number of carboxylic acid groups (broad SMARTS) is 1. The number of carboxylic acids is 1. The van der Waals surface area contributed by atoms with Crippen LogP contribution in [0.3, 0.4) is 0 Å². The third-order valence-corrected chi connectivity index (χ3v) is 4.20. The van der Waals surface area contributed by atoms with E-state index in [1.807, 2.05) is 0 Å². The van der Waals surface area contributed by atoms with Gasteiger partial charge in [-0.05, 0) is 24.0 Å². The van der Waals surface area contributed by atoms with Crippen LogP contribution in [-0.4, -0.2) is 42.3 Å². The second-order valence-electron chi connectivity index (χ2n) is 3.66. The van der Waals surface area contributed by atoms with Gasteiger partial charge in [0.15, 0.2) is 0 Å². The highest BCUT2D eigenvalue weighted by Gasteiger charge is 2.31. The van der Waals surface area contributed by atoms with Gasteiger partial charge in [-0.3, -0.25) is 14.5 Å². The van der Waals surface area contributed by atoms with Crippen molar-refractivity contribution in [3.8, 4) is 0 Å². The van der Waals surface area contributed by atoms with Gasteiger partial charge in [0, 0.05) is 18.3 Å². The zero-order valence-corrected chi connectivity index (χ0v) is 12.1.